The van der Waals surface area contributed by atoms with Crippen molar-refractivity contribution in [3.05, 3.63) is 52.0 Å². The van der Waals surface area contributed by atoms with Crippen molar-refractivity contribution < 1.29 is 4.39 Å². The number of hydrogen-bond acceptors (Lipinski definition) is 3. The molecule has 3 nitrogen and oxygen atoms in total. The number of rotatable bonds is 3. The predicted octanol–water partition coefficient (Wildman–Crippen LogP) is 3.91. The number of para-hydroxylation sites is 1. The van der Waals surface area contributed by atoms with Crippen molar-refractivity contribution in [3.8, 4) is 0 Å². The summed E-state index contributed by atoms with van der Waals surface area (Å²) in [5.41, 5.74) is 1.35. The number of nitrogens with zero attached hydrogens (tertiary/aromatic N) is 2. The summed E-state index contributed by atoms with van der Waals surface area (Å²) >= 11 is 4.90. The minimum atomic E-state index is -0.273. The van der Waals surface area contributed by atoms with E-state index in [2.05, 4.69) is 26.2 Å². The van der Waals surface area contributed by atoms with Crippen LogP contribution in [0.5, 0.6) is 0 Å². The average Bonchev–Trinajstić information content (AvgIpc) is 2.88. The van der Waals surface area contributed by atoms with Gasteiger partial charge in [-0.25, -0.2) is 9.37 Å². The van der Waals surface area contributed by atoms with Gasteiger partial charge in [0.1, 0.15) is 5.82 Å². The molecule has 0 spiro atoms. The first-order valence-corrected chi connectivity index (χ1v) is 7.00. The molecule has 0 bridgehead atoms. The molecule has 6 heteroatoms. The minimum Gasteiger partial charge on any atom is -0.376 e. The van der Waals surface area contributed by atoms with Crippen LogP contribution in [0.4, 0.5) is 10.1 Å². The molecule has 0 saturated heterocycles. The van der Waals surface area contributed by atoms with Crippen LogP contribution in [0, 0.1) is 5.82 Å². The van der Waals surface area contributed by atoms with E-state index in [1.54, 1.807) is 23.5 Å². The third kappa shape index (κ3) is 2.13. The van der Waals surface area contributed by atoms with Crippen LogP contribution in [-0.2, 0) is 6.54 Å². The van der Waals surface area contributed by atoms with E-state index in [9.17, 15) is 4.39 Å². The molecule has 0 fully saturated rings. The Hall–Kier alpha value is -1.40. The van der Waals surface area contributed by atoms with E-state index in [0.29, 0.717) is 16.7 Å². The highest BCUT2D eigenvalue weighted by Gasteiger charge is 2.07. The normalized spacial score (nSPS) is 11.0. The van der Waals surface area contributed by atoms with E-state index >= 15 is 0 Å². The van der Waals surface area contributed by atoms with E-state index < -0.39 is 0 Å². The van der Waals surface area contributed by atoms with Crippen LogP contribution in [0.2, 0.25) is 0 Å². The van der Waals surface area contributed by atoms with Crippen LogP contribution < -0.4 is 5.32 Å². The highest BCUT2D eigenvalue weighted by Crippen LogP contribution is 2.25. The molecule has 92 valence electrons. The lowest BCUT2D eigenvalue weighted by molar-refractivity contribution is 0.629. The summed E-state index contributed by atoms with van der Waals surface area (Å²) < 4.78 is 16.2. The third-order valence-corrected chi connectivity index (χ3v) is 3.98. The van der Waals surface area contributed by atoms with Gasteiger partial charge in [0.15, 0.2) is 4.96 Å². The number of thiazole rings is 1. The molecular weight excluding hydrogens is 317 g/mol. The summed E-state index contributed by atoms with van der Waals surface area (Å²) in [4.78, 5) is 5.37. The first-order chi connectivity index (χ1) is 8.74. The number of nitrogens with one attached hydrogen (secondary N) is 1. The number of hydrogen-bond donors (Lipinski definition) is 1. The van der Waals surface area contributed by atoms with Gasteiger partial charge in [-0.3, -0.25) is 4.40 Å². The summed E-state index contributed by atoms with van der Waals surface area (Å²) in [6, 6.07) is 4.90. The first kappa shape index (κ1) is 11.7. The zero-order chi connectivity index (χ0) is 12.5. The van der Waals surface area contributed by atoms with E-state index in [-0.39, 0.29) is 5.82 Å². The van der Waals surface area contributed by atoms with Crippen LogP contribution in [0.1, 0.15) is 5.69 Å². The molecule has 0 aliphatic carbocycles. The molecule has 2 aromatic heterocycles. The van der Waals surface area contributed by atoms with Crippen molar-refractivity contribution in [2.75, 3.05) is 5.32 Å². The molecule has 0 aliphatic rings. The van der Waals surface area contributed by atoms with Crippen molar-refractivity contribution in [3.63, 3.8) is 0 Å². The summed E-state index contributed by atoms with van der Waals surface area (Å²) in [6.07, 6.45) is 3.89. The van der Waals surface area contributed by atoms with Gasteiger partial charge in [0.25, 0.3) is 0 Å². The number of aromatic nitrogens is 2. The second-order valence-corrected chi connectivity index (χ2v) is 5.50. The smallest absolute Gasteiger partial charge is 0.193 e. The van der Waals surface area contributed by atoms with Crippen LogP contribution in [0.25, 0.3) is 4.96 Å². The SMILES string of the molecule is Fc1cccc(Br)c1NCc1cn2ccsc2n1. The van der Waals surface area contributed by atoms with Crippen molar-refractivity contribution in [2.45, 2.75) is 6.54 Å². The zero-order valence-corrected chi connectivity index (χ0v) is 11.6. The second-order valence-electron chi connectivity index (χ2n) is 3.78. The molecule has 0 amide bonds. The van der Waals surface area contributed by atoms with E-state index in [1.807, 2.05) is 22.2 Å². The molecule has 3 aromatic rings. The number of benzene rings is 1. The van der Waals surface area contributed by atoms with Crippen LogP contribution in [-0.4, -0.2) is 9.38 Å². The van der Waals surface area contributed by atoms with Gasteiger partial charge in [0.2, 0.25) is 0 Å². The Labute approximate surface area is 115 Å². The quantitative estimate of drug-likeness (QED) is 0.791. The monoisotopic (exact) mass is 325 g/mol. The topological polar surface area (TPSA) is 29.3 Å². The Balaban J connectivity index is 1.80. The second kappa shape index (κ2) is 4.70. The molecular formula is C12H9BrFN3S. The largest absolute Gasteiger partial charge is 0.376 e. The summed E-state index contributed by atoms with van der Waals surface area (Å²) in [5, 5.41) is 5.03. The molecule has 0 atom stereocenters. The lowest BCUT2D eigenvalue weighted by Gasteiger charge is -2.07. The number of imidazole rings is 1. The van der Waals surface area contributed by atoms with Crippen molar-refractivity contribution >= 4 is 37.9 Å². The van der Waals surface area contributed by atoms with Gasteiger partial charge in [0.05, 0.1) is 17.9 Å². The fourth-order valence-corrected chi connectivity index (χ4v) is 2.91. The highest BCUT2D eigenvalue weighted by molar-refractivity contribution is 9.10. The van der Waals surface area contributed by atoms with Crippen molar-refractivity contribution in [2.24, 2.45) is 0 Å². The lowest BCUT2D eigenvalue weighted by atomic mass is 10.3. The molecule has 3 rings (SSSR count). The Bertz CT molecular complexity index is 643. The van der Waals surface area contributed by atoms with E-state index in [1.165, 1.54) is 6.07 Å². The molecule has 18 heavy (non-hydrogen) atoms. The molecule has 1 N–H and O–H groups in total. The molecule has 2 heterocycles. The minimum absolute atomic E-state index is 0.273. The number of fused-ring (bicyclic) bond motifs is 1. The maximum absolute atomic E-state index is 13.6. The molecule has 0 saturated carbocycles. The Kier molecular flexibility index (Phi) is 3.05. The fourth-order valence-electron chi connectivity index (χ4n) is 1.71. The van der Waals surface area contributed by atoms with Crippen molar-refractivity contribution in [1.82, 2.24) is 9.38 Å². The number of halogens is 2. The Morgan fingerprint density at radius 2 is 2.33 bits per heavy atom. The van der Waals surface area contributed by atoms with Gasteiger partial charge in [-0.15, -0.1) is 11.3 Å². The van der Waals surface area contributed by atoms with Crippen molar-refractivity contribution in [1.29, 1.82) is 0 Å². The van der Waals surface area contributed by atoms with Gasteiger partial charge in [-0.1, -0.05) is 6.07 Å². The summed E-state index contributed by atoms with van der Waals surface area (Å²) in [5.74, 6) is -0.273. The van der Waals surface area contributed by atoms with Gasteiger partial charge in [0, 0.05) is 22.2 Å². The van der Waals surface area contributed by atoms with Crippen LogP contribution >= 0.6 is 27.3 Å². The Morgan fingerprint density at radius 3 is 3.11 bits per heavy atom. The molecule has 0 radical (unpaired) electrons. The van der Waals surface area contributed by atoms with Gasteiger partial charge >= 0.3 is 0 Å². The van der Waals surface area contributed by atoms with Gasteiger partial charge in [-0.2, -0.15) is 0 Å². The molecule has 0 aliphatic heterocycles. The van der Waals surface area contributed by atoms with Gasteiger partial charge < -0.3 is 5.32 Å². The average molecular weight is 326 g/mol. The predicted molar refractivity (Wildman–Crippen MR) is 74.5 cm³/mol. The summed E-state index contributed by atoms with van der Waals surface area (Å²) in [7, 11) is 0. The zero-order valence-electron chi connectivity index (χ0n) is 9.23. The van der Waals surface area contributed by atoms with Crippen LogP contribution in [0.15, 0.2) is 40.4 Å². The lowest BCUT2D eigenvalue weighted by Crippen LogP contribution is -2.02. The fraction of sp³-hybridized carbons (Fsp3) is 0.0833. The number of anilines is 1. The molecule has 1 aromatic carbocycles. The Morgan fingerprint density at radius 1 is 1.44 bits per heavy atom. The highest BCUT2D eigenvalue weighted by atomic mass is 79.9. The summed E-state index contributed by atoms with van der Waals surface area (Å²) in [6.45, 7) is 0.494. The van der Waals surface area contributed by atoms with E-state index in [4.69, 9.17) is 0 Å². The first-order valence-electron chi connectivity index (χ1n) is 5.33. The standard InChI is InChI=1S/C12H9BrFN3S/c13-9-2-1-3-10(14)11(9)15-6-8-7-17-4-5-18-12(17)16-8/h1-5,7,15H,6H2. The maximum atomic E-state index is 13.6. The third-order valence-electron chi connectivity index (χ3n) is 2.55. The van der Waals surface area contributed by atoms with E-state index in [0.717, 1.165) is 10.7 Å². The van der Waals surface area contributed by atoms with Gasteiger partial charge in [-0.05, 0) is 28.1 Å². The molecule has 0 unspecified atom stereocenters. The maximum Gasteiger partial charge on any atom is 0.193 e. The van der Waals surface area contributed by atoms with Crippen LogP contribution in [0.3, 0.4) is 0 Å².